The van der Waals surface area contributed by atoms with Crippen molar-refractivity contribution in [3.63, 3.8) is 0 Å². The van der Waals surface area contributed by atoms with Gasteiger partial charge >= 0.3 is 0 Å². The second-order valence-electron chi connectivity index (χ2n) is 7.97. The number of hydrogen-bond donors (Lipinski definition) is 2. The standard InChI is InChI=1S/C21H31N3O2/c1-3-4-16-5-7-17(8-6-16)15(2)24(14-19(22)25)20(26)18-13-21(18)9-11-23-12-10-21/h5-8,15,18,23H,3-4,9-14H2,1-2H3,(H2,22,25). The first kappa shape index (κ1) is 18.9. The lowest BCUT2D eigenvalue weighted by Gasteiger charge is -2.31. The lowest BCUT2D eigenvalue weighted by Crippen LogP contribution is -2.42. The molecule has 1 aromatic carbocycles. The number of primary amides is 1. The monoisotopic (exact) mass is 357 g/mol. The highest BCUT2D eigenvalue weighted by atomic mass is 16.2. The van der Waals surface area contributed by atoms with Crippen molar-refractivity contribution in [1.82, 2.24) is 10.2 Å². The Morgan fingerprint density at radius 3 is 2.50 bits per heavy atom. The van der Waals surface area contributed by atoms with E-state index in [2.05, 4.69) is 36.5 Å². The summed E-state index contributed by atoms with van der Waals surface area (Å²) in [5.74, 6) is -0.311. The lowest BCUT2D eigenvalue weighted by molar-refractivity contribution is -0.139. The molecule has 2 atom stereocenters. The number of benzene rings is 1. The van der Waals surface area contributed by atoms with Gasteiger partial charge in [-0.25, -0.2) is 0 Å². The Morgan fingerprint density at radius 1 is 1.27 bits per heavy atom. The van der Waals surface area contributed by atoms with Gasteiger partial charge in [0.05, 0.1) is 12.6 Å². The largest absolute Gasteiger partial charge is 0.368 e. The number of nitrogens with zero attached hydrogens (tertiary/aromatic N) is 1. The summed E-state index contributed by atoms with van der Waals surface area (Å²) in [4.78, 5) is 26.5. The molecule has 2 fully saturated rings. The summed E-state index contributed by atoms with van der Waals surface area (Å²) in [6, 6.07) is 8.24. The average molecular weight is 357 g/mol. The maximum absolute atomic E-state index is 13.2. The number of nitrogens with two attached hydrogens (primary N) is 1. The molecule has 1 heterocycles. The van der Waals surface area contributed by atoms with Gasteiger partial charge in [0.25, 0.3) is 0 Å². The number of amides is 2. The molecule has 3 N–H and O–H groups in total. The molecular weight excluding hydrogens is 326 g/mol. The zero-order valence-electron chi connectivity index (χ0n) is 16.0. The van der Waals surface area contributed by atoms with Crippen molar-refractivity contribution in [3.05, 3.63) is 35.4 Å². The quantitative estimate of drug-likeness (QED) is 0.787. The predicted octanol–water partition coefficient (Wildman–Crippen LogP) is 2.40. The molecular formula is C21H31N3O2. The van der Waals surface area contributed by atoms with Gasteiger partial charge in [-0.15, -0.1) is 0 Å². The molecule has 5 heteroatoms. The van der Waals surface area contributed by atoms with Crippen LogP contribution in [0.2, 0.25) is 0 Å². The number of aryl methyl sites for hydroxylation is 1. The maximum Gasteiger partial charge on any atom is 0.237 e. The first-order chi connectivity index (χ1) is 12.5. The molecule has 1 saturated heterocycles. The molecule has 3 rings (SSSR count). The van der Waals surface area contributed by atoms with Gasteiger partial charge in [0.2, 0.25) is 11.8 Å². The van der Waals surface area contributed by atoms with Crippen LogP contribution in [0.4, 0.5) is 0 Å². The van der Waals surface area contributed by atoms with Crippen LogP contribution in [0, 0.1) is 11.3 Å². The first-order valence-corrected chi connectivity index (χ1v) is 9.85. The Balaban J connectivity index is 1.74. The number of carbonyl (C=O) groups excluding carboxylic acids is 2. The second-order valence-corrected chi connectivity index (χ2v) is 7.97. The molecule has 1 aliphatic heterocycles. The average Bonchev–Trinajstić information content (AvgIpc) is 3.32. The third-order valence-corrected chi connectivity index (χ3v) is 6.16. The Kier molecular flexibility index (Phi) is 5.66. The van der Waals surface area contributed by atoms with Gasteiger partial charge in [0, 0.05) is 5.92 Å². The van der Waals surface area contributed by atoms with Crippen molar-refractivity contribution in [3.8, 4) is 0 Å². The number of hydrogen-bond acceptors (Lipinski definition) is 3. The molecule has 26 heavy (non-hydrogen) atoms. The molecule has 142 valence electrons. The number of nitrogens with one attached hydrogen (secondary N) is 1. The third kappa shape index (κ3) is 3.93. The Bertz CT molecular complexity index is 650. The van der Waals surface area contributed by atoms with E-state index in [1.54, 1.807) is 4.90 Å². The summed E-state index contributed by atoms with van der Waals surface area (Å²) in [5.41, 5.74) is 7.97. The van der Waals surface area contributed by atoms with Crippen molar-refractivity contribution in [2.24, 2.45) is 17.1 Å². The van der Waals surface area contributed by atoms with Crippen LogP contribution < -0.4 is 11.1 Å². The van der Waals surface area contributed by atoms with Gasteiger partial charge in [-0.2, -0.15) is 0 Å². The van der Waals surface area contributed by atoms with Crippen molar-refractivity contribution in [2.75, 3.05) is 19.6 Å². The maximum atomic E-state index is 13.2. The van der Waals surface area contributed by atoms with Crippen LogP contribution >= 0.6 is 0 Å². The fourth-order valence-corrected chi connectivity index (χ4v) is 4.38. The van der Waals surface area contributed by atoms with Gasteiger partial charge in [-0.3, -0.25) is 9.59 Å². The Labute approximate surface area is 156 Å². The van der Waals surface area contributed by atoms with Gasteiger partial charge in [-0.1, -0.05) is 37.6 Å². The highest BCUT2D eigenvalue weighted by Crippen LogP contribution is 2.59. The molecule has 1 spiro atoms. The van der Waals surface area contributed by atoms with Crippen molar-refractivity contribution >= 4 is 11.8 Å². The van der Waals surface area contributed by atoms with Crippen molar-refractivity contribution in [1.29, 1.82) is 0 Å². The molecule has 0 bridgehead atoms. The van der Waals surface area contributed by atoms with Crippen LogP contribution in [-0.2, 0) is 16.0 Å². The highest BCUT2D eigenvalue weighted by molar-refractivity contribution is 5.87. The zero-order valence-corrected chi connectivity index (χ0v) is 16.0. The van der Waals surface area contributed by atoms with E-state index < -0.39 is 5.91 Å². The Morgan fingerprint density at radius 2 is 1.92 bits per heavy atom. The summed E-state index contributed by atoms with van der Waals surface area (Å²) in [5, 5.41) is 3.37. The number of carbonyl (C=O) groups is 2. The fraction of sp³-hybridized carbons (Fsp3) is 0.619. The van der Waals surface area contributed by atoms with Crippen LogP contribution in [0.5, 0.6) is 0 Å². The molecule has 2 unspecified atom stereocenters. The van der Waals surface area contributed by atoms with Crippen LogP contribution in [0.1, 0.15) is 56.7 Å². The lowest BCUT2D eigenvalue weighted by atomic mass is 9.91. The molecule has 1 aromatic rings. The van der Waals surface area contributed by atoms with Gasteiger partial charge < -0.3 is 16.0 Å². The van der Waals surface area contributed by atoms with E-state index in [4.69, 9.17) is 5.73 Å². The number of rotatable bonds is 7. The number of piperidine rings is 1. The molecule has 1 saturated carbocycles. The molecule has 0 aromatic heterocycles. The first-order valence-electron chi connectivity index (χ1n) is 9.85. The zero-order chi connectivity index (χ0) is 18.7. The van der Waals surface area contributed by atoms with E-state index in [1.165, 1.54) is 5.56 Å². The highest BCUT2D eigenvalue weighted by Gasteiger charge is 2.58. The second kappa shape index (κ2) is 7.78. The molecule has 1 aliphatic carbocycles. The van der Waals surface area contributed by atoms with Gasteiger partial charge in [-0.05, 0) is 62.2 Å². The smallest absolute Gasteiger partial charge is 0.237 e. The van der Waals surface area contributed by atoms with E-state index in [0.717, 1.165) is 50.8 Å². The van der Waals surface area contributed by atoms with E-state index in [-0.39, 0.29) is 29.8 Å². The topological polar surface area (TPSA) is 75.4 Å². The van der Waals surface area contributed by atoms with Crippen LogP contribution in [-0.4, -0.2) is 36.3 Å². The molecule has 2 aliphatic rings. The minimum absolute atomic E-state index is 0.0124. The third-order valence-electron chi connectivity index (χ3n) is 6.16. The van der Waals surface area contributed by atoms with E-state index >= 15 is 0 Å². The summed E-state index contributed by atoms with van der Waals surface area (Å²) in [6.45, 7) is 6.10. The van der Waals surface area contributed by atoms with Crippen molar-refractivity contribution in [2.45, 2.75) is 52.0 Å². The molecule has 5 nitrogen and oxygen atoms in total. The van der Waals surface area contributed by atoms with Crippen LogP contribution in [0.15, 0.2) is 24.3 Å². The minimum atomic E-state index is -0.451. The van der Waals surface area contributed by atoms with Gasteiger partial charge in [0.15, 0.2) is 0 Å². The van der Waals surface area contributed by atoms with Gasteiger partial charge in [0.1, 0.15) is 0 Å². The summed E-state index contributed by atoms with van der Waals surface area (Å²) >= 11 is 0. The van der Waals surface area contributed by atoms with E-state index in [9.17, 15) is 9.59 Å². The normalized spacial score (nSPS) is 22.0. The minimum Gasteiger partial charge on any atom is -0.368 e. The van der Waals surface area contributed by atoms with E-state index in [0.29, 0.717) is 0 Å². The fourth-order valence-electron chi connectivity index (χ4n) is 4.38. The predicted molar refractivity (Wildman–Crippen MR) is 102 cm³/mol. The SMILES string of the molecule is CCCc1ccc(C(C)N(CC(N)=O)C(=O)C2CC23CCNCC3)cc1. The molecule has 2 amide bonds. The van der Waals surface area contributed by atoms with E-state index in [1.807, 2.05) is 6.92 Å². The molecule has 0 radical (unpaired) electrons. The van der Waals surface area contributed by atoms with Crippen LogP contribution in [0.3, 0.4) is 0 Å². The Hall–Kier alpha value is -1.88. The summed E-state index contributed by atoms with van der Waals surface area (Å²) in [6.07, 6.45) is 5.21. The van der Waals surface area contributed by atoms with Crippen molar-refractivity contribution < 1.29 is 9.59 Å². The van der Waals surface area contributed by atoms with Crippen LogP contribution in [0.25, 0.3) is 0 Å². The summed E-state index contributed by atoms with van der Waals surface area (Å²) in [7, 11) is 0. The summed E-state index contributed by atoms with van der Waals surface area (Å²) < 4.78 is 0.